The molecule has 3 heteroatoms. The molecule has 1 aromatic carbocycles. The number of aromatic nitrogens is 1. The molecule has 0 saturated heterocycles. The number of fused-ring (bicyclic) bond motifs is 1. The lowest BCUT2D eigenvalue weighted by Crippen LogP contribution is -2.25. The van der Waals surface area contributed by atoms with Crippen molar-refractivity contribution in [1.82, 2.24) is 9.88 Å². The minimum Gasteiger partial charge on any atom is -0.345 e. The van der Waals surface area contributed by atoms with Gasteiger partial charge in [0.1, 0.15) is 0 Å². The average molecular weight is 277 g/mol. The number of rotatable bonds is 5. The van der Waals surface area contributed by atoms with E-state index in [1.54, 1.807) is 0 Å². The maximum Gasteiger partial charge on any atom is 0.0670 e. The van der Waals surface area contributed by atoms with E-state index in [1.807, 2.05) is 12.1 Å². The molecule has 1 aliphatic rings. The summed E-state index contributed by atoms with van der Waals surface area (Å²) in [4.78, 5) is 0. The van der Waals surface area contributed by atoms with Gasteiger partial charge in [0.05, 0.1) is 10.5 Å². The Morgan fingerprint density at radius 2 is 2.05 bits per heavy atom. The molecule has 102 valence electrons. The Kier molecular flexibility index (Phi) is 4.09. The van der Waals surface area contributed by atoms with Crippen molar-refractivity contribution in [1.29, 1.82) is 0 Å². The van der Waals surface area contributed by atoms with E-state index in [0.29, 0.717) is 0 Å². The summed E-state index contributed by atoms with van der Waals surface area (Å²) in [5, 5.41) is 5.66. The first-order chi connectivity index (χ1) is 9.34. The average Bonchev–Trinajstić information content (AvgIpc) is 3.05. The van der Waals surface area contributed by atoms with Crippen molar-refractivity contribution in [3.8, 4) is 0 Å². The fourth-order valence-electron chi connectivity index (χ4n) is 3.12. The molecule has 1 N–H and O–H groups in total. The monoisotopic (exact) mass is 276 g/mol. The van der Waals surface area contributed by atoms with Crippen molar-refractivity contribution in [2.75, 3.05) is 13.1 Å². The standard InChI is InChI=1S/C16H21ClN2/c17-15-7-3-6-14-8-10-19(16(14)15)11-9-18-12-13-4-1-2-5-13/h3,6-8,10,13,18H,1-2,4-5,9,11-12H2. The Bertz CT molecular complexity index is 541. The van der Waals surface area contributed by atoms with E-state index >= 15 is 0 Å². The van der Waals surface area contributed by atoms with Gasteiger partial charge in [-0.1, -0.05) is 36.6 Å². The largest absolute Gasteiger partial charge is 0.345 e. The third-order valence-electron chi connectivity index (χ3n) is 4.18. The molecule has 1 saturated carbocycles. The van der Waals surface area contributed by atoms with Gasteiger partial charge in [-0.2, -0.15) is 0 Å². The summed E-state index contributed by atoms with van der Waals surface area (Å²) in [6.45, 7) is 3.18. The lowest BCUT2D eigenvalue weighted by atomic mass is 10.1. The van der Waals surface area contributed by atoms with Gasteiger partial charge in [0, 0.05) is 24.7 Å². The second-order valence-corrected chi connectivity index (χ2v) is 5.95. The fraction of sp³-hybridized carbons (Fsp3) is 0.500. The van der Waals surface area contributed by atoms with Gasteiger partial charge in [0.25, 0.3) is 0 Å². The van der Waals surface area contributed by atoms with Crippen LogP contribution < -0.4 is 5.32 Å². The molecule has 0 atom stereocenters. The molecule has 2 nitrogen and oxygen atoms in total. The molecule has 2 aromatic rings. The van der Waals surface area contributed by atoms with E-state index < -0.39 is 0 Å². The van der Waals surface area contributed by atoms with E-state index in [9.17, 15) is 0 Å². The molecule has 3 rings (SSSR count). The van der Waals surface area contributed by atoms with Crippen LogP contribution in [0.3, 0.4) is 0 Å². The Morgan fingerprint density at radius 1 is 1.21 bits per heavy atom. The van der Waals surface area contributed by atoms with Gasteiger partial charge in [-0.25, -0.2) is 0 Å². The third kappa shape index (κ3) is 2.96. The molecule has 0 unspecified atom stereocenters. The number of nitrogens with zero attached hydrogens (tertiary/aromatic N) is 1. The highest BCUT2D eigenvalue weighted by Crippen LogP contribution is 2.25. The number of halogens is 1. The van der Waals surface area contributed by atoms with Crippen LogP contribution in [0.4, 0.5) is 0 Å². The minimum absolute atomic E-state index is 0.846. The summed E-state index contributed by atoms with van der Waals surface area (Å²) in [6.07, 6.45) is 7.79. The lowest BCUT2D eigenvalue weighted by molar-refractivity contribution is 0.478. The van der Waals surface area contributed by atoms with Gasteiger partial charge in [-0.3, -0.25) is 0 Å². The first-order valence-corrected chi connectivity index (χ1v) is 7.66. The predicted molar refractivity (Wildman–Crippen MR) is 81.8 cm³/mol. The van der Waals surface area contributed by atoms with Crippen LogP contribution >= 0.6 is 11.6 Å². The van der Waals surface area contributed by atoms with Crippen LogP contribution in [0, 0.1) is 5.92 Å². The minimum atomic E-state index is 0.846. The molecule has 0 radical (unpaired) electrons. The van der Waals surface area contributed by atoms with E-state index in [2.05, 4.69) is 28.2 Å². The van der Waals surface area contributed by atoms with Crippen LogP contribution in [0.25, 0.3) is 10.9 Å². The van der Waals surface area contributed by atoms with Crippen molar-refractivity contribution in [2.24, 2.45) is 5.92 Å². The quantitative estimate of drug-likeness (QED) is 0.815. The maximum atomic E-state index is 6.28. The van der Waals surface area contributed by atoms with Crippen LogP contribution in [-0.2, 0) is 6.54 Å². The summed E-state index contributed by atoms with van der Waals surface area (Å²) in [5.74, 6) is 0.907. The zero-order chi connectivity index (χ0) is 13.1. The molecule has 0 bridgehead atoms. The molecule has 1 fully saturated rings. The second-order valence-electron chi connectivity index (χ2n) is 5.54. The molecular weight excluding hydrogens is 256 g/mol. The van der Waals surface area contributed by atoms with Crippen molar-refractivity contribution < 1.29 is 0 Å². The first-order valence-electron chi connectivity index (χ1n) is 7.28. The number of benzene rings is 1. The normalized spacial score (nSPS) is 16.5. The van der Waals surface area contributed by atoms with Crippen molar-refractivity contribution >= 4 is 22.5 Å². The van der Waals surface area contributed by atoms with E-state index in [4.69, 9.17) is 11.6 Å². The van der Waals surface area contributed by atoms with Gasteiger partial charge in [0.15, 0.2) is 0 Å². The Morgan fingerprint density at radius 3 is 2.89 bits per heavy atom. The van der Waals surface area contributed by atoms with Crippen molar-refractivity contribution in [2.45, 2.75) is 32.2 Å². The second kappa shape index (κ2) is 5.98. The molecule has 0 amide bonds. The number of nitrogens with one attached hydrogen (secondary N) is 1. The summed E-state index contributed by atoms with van der Waals surface area (Å²) in [7, 11) is 0. The SMILES string of the molecule is Clc1cccc2ccn(CCNCC3CCCC3)c12. The van der Waals surface area contributed by atoms with Gasteiger partial charge < -0.3 is 9.88 Å². The summed E-state index contributed by atoms with van der Waals surface area (Å²) >= 11 is 6.28. The molecule has 0 aliphatic heterocycles. The third-order valence-corrected chi connectivity index (χ3v) is 4.48. The molecular formula is C16H21ClN2. The summed E-state index contributed by atoms with van der Waals surface area (Å²) < 4.78 is 2.25. The summed E-state index contributed by atoms with van der Waals surface area (Å²) in [5.41, 5.74) is 1.16. The van der Waals surface area contributed by atoms with Crippen LogP contribution in [-0.4, -0.2) is 17.7 Å². The maximum absolute atomic E-state index is 6.28. The van der Waals surface area contributed by atoms with E-state index in [-0.39, 0.29) is 0 Å². The van der Waals surface area contributed by atoms with Crippen LogP contribution in [0.5, 0.6) is 0 Å². The Hall–Kier alpha value is -0.990. The highest BCUT2D eigenvalue weighted by Gasteiger charge is 2.13. The number of hydrogen-bond acceptors (Lipinski definition) is 1. The van der Waals surface area contributed by atoms with Gasteiger partial charge >= 0.3 is 0 Å². The van der Waals surface area contributed by atoms with E-state index in [0.717, 1.165) is 29.5 Å². The van der Waals surface area contributed by atoms with Crippen LogP contribution in [0.15, 0.2) is 30.5 Å². The zero-order valence-corrected chi connectivity index (χ0v) is 12.0. The lowest BCUT2D eigenvalue weighted by Gasteiger charge is -2.11. The van der Waals surface area contributed by atoms with Gasteiger partial charge in [-0.05, 0) is 37.4 Å². The smallest absolute Gasteiger partial charge is 0.0670 e. The molecule has 19 heavy (non-hydrogen) atoms. The van der Waals surface area contributed by atoms with Crippen LogP contribution in [0.1, 0.15) is 25.7 Å². The van der Waals surface area contributed by atoms with Gasteiger partial charge in [0.2, 0.25) is 0 Å². The van der Waals surface area contributed by atoms with Crippen LogP contribution in [0.2, 0.25) is 5.02 Å². The predicted octanol–water partition coefficient (Wildman–Crippen LogP) is 4.07. The first kappa shape index (κ1) is 13.0. The zero-order valence-electron chi connectivity index (χ0n) is 11.2. The highest BCUT2D eigenvalue weighted by molar-refractivity contribution is 6.35. The number of hydrogen-bond donors (Lipinski definition) is 1. The molecule has 0 spiro atoms. The van der Waals surface area contributed by atoms with Crippen molar-refractivity contribution in [3.63, 3.8) is 0 Å². The van der Waals surface area contributed by atoms with Gasteiger partial charge in [-0.15, -0.1) is 0 Å². The van der Waals surface area contributed by atoms with Crippen molar-refractivity contribution in [3.05, 3.63) is 35.5 Å². The number of para-hydroxylation sites is 1. The highest BCUT2D eigenvalue weighted by atomic mass is 35.5. The molecule has 1 aliphatic carbocycles. The summed E-state index contributed by atoms with van der Waals surface area (Å²) in [6, 6.07) is 8.22. The molecule has 1 heterocycles. The fourth-order valence-corrected chi connectivity index (χ4v) is 3.41. The Labute approximate surface area is 119 Å². The molecule has 1 aromatic heterocycles. The van der Waals surface area contributed by atoms with E-state index in [1.165, 1.54) is 37.6 Å². The topological polar surface area (TPSA) is 17.0 Å². The Balaban J connectivity index is 1.56.